The van der Waals surface area contributed by atoms with Gasteiger partial charge in [-0.05, 0) is 43.0 Å². The second kappa shape index (κ2) is 6.29. The van der Waals surface area contributed by atoms with Crippen molar-refractivity contribution in [3.63, 3.8) is 0 Å². The van der Waals surface area contributed by atoms with Gasteiger partial charge in [0.15, 0.2) is 0 Å². The Hall–Kier alpha value is -0.920. The number of carbonyl (C=O) groups is 1. The molecule has 0 bridgehead atoms. The highest BCUT2D eigenvalue weighted by atomic mass is 32.2. The van der Waals surface area contributed by atoms with Gasteiger partial charge >= 0.3 is 5.97 Å². The Morgan fingerprint density at radius 2 is 2.00 bits per heavy atom. The molecule has 1 aliphatic carbocycles. The van der Waals surface area contributed by atoms with Gasteiger partial charge in [-0.2, -0.15) is 4.31 Å². The summed E-state index contributed by atoms with van der Waals surface area (Å²) in [6.07, 6.45) is 6.34. The molecule has 2 heterocycles. The van der Waals surface area contributed by atoms with Crippen LogP contribution in [0.4, 0.5) is 0 Å². The van der Waals surface area contributed by atoms with Gasteiger partial charge < -0.3 is 4.74 Å². The van der Waals surface area contributed by atoms with E-state index in [1.54, 1.807) is 9.69 Å². The van der Waals surface area contributed by atoms with Crippen LogP contribution in [-0.4, -0.2) is 38.4 Å². The molecule has 0 aromatic carbocycles. The summed E-state index contributed by atoms with van der Waals surface area (Å²) in [4.78, 5) is 12.1. The molecule has 2 atom stereocenters. The third kappa shape index (κ3) is 2.70. The van der Waals surface area contributed by atoms with E-state index < -0.39 is 16.0 Å². The molecule has 0 radical (unpaired) electrons. The number of carbonyl (C=O) groups excluding carboxylic acids is 1. The Kier molecular flexibility index (Phi) is 4.56. The Balaban J connectivity index is 1.95. The van der Waals surface area contributed by atoms with Crippen LogP contribution in [-0.2, 0) is 14.8 Å². The van der Waals surface area contributed by atoms with Crippen LogP contribution < -0.4 is 0 Å². The molecule has 1 aromatic rings. The zero-order valence-electron chi connectivity index (χ0n) is 12.7. The maximum Gasteiger partial charge on any atom is 0.349 e. The van der Waals surface area contributed by atoms with E-state index in [0.29, 0.717) is 12.5 Å². The van der Waals surface area contributed by atoms with Gasteiger partial charge in [0.1, 0.15) is 9.77 Å². The van der Waals surface area contributed by atoms with Crippen LogP contribution in [0.1, 0.15) is 48.2 Å². The average Bonchev–Trinajstić information content (AvgIpc) is 3.04. The molecule has 0 spiro atoms. The number of hydrogen-bond donors (Lipinski definition) is 0. The molecule has 2 aliphatic rings. The second-order valence-corrected chi connectivity index (χ2v) is 8.75. The third-order valence-corrected chi connectivity index (χ3v) is 7.77. The van der Waals surface area contributed by atoms with Crippen molar-refractivity contribution in [1.82, 2.24) is 4.31 Å². The van der Waals surface area contributed by atoms with Crippen LogP contribution in [0.2, 0.25) is 0 Å². The quantitative estimate of drug-likeness (QED) is 0.792. The molecule has 7 heteroatoms. The van der Waals surface area contributed by atoms with Gasteiger partial charge in [0.2, 0.25) is 10.0 Å². The number of rotatable bonds is 3. The van der Waals surface area contributed by atoms with E-state index in [4.69, 9.17) is 4.74 Å². The number of methoxy groups -OCH3 is 1. The standard InChI is InChI=1S/C15H21NO4S2/c1-20-15(17)14-13(8-10-21-14)22(18,19)16-9-4-6-11-5-2-3-7-12(11)16/h8,10-12H,2-7,9H2,1H3. The first-order chi connectivity index (χ1) is 10.6. The maximum atomic E-state index is 13.1. The number of thiophene rings is 1. The van der Waals surface area contributed by atoms with Crippen LogP contribution in [0.25, 0.3) is 0 Å². The van der Waals surface area contributed by atoms with Crippen molar-refractivity contribution in [3.05, 3.63) is 16.3 Å². The normalized spacial score (nSPS) is 26.4. The average molecular weight is 343 g/mol. The zero-order valence-corrected chi connectivity index (χ0v) is 14.3. The molecule has 2 fully saturated rings. The van der Waals surface area contributed by atoms with Crippen LogP contribution in [0.15, 0.2) is 16.3 Å². The first-order valence-corrected chi connectivity index (χ1v) is 10.1. The van der Waals surface area contributed by atoms with Crippen molar-refractivity contribution in [2.24, 2.45) is 5.92 Å². The molecular weight excluding hydrogens is 322 g/mol. The summed E-state index contributed by atoms with van der Waals surface area (Å²) in [5.41, 5.74) is 0. The molecule has 3 rings (SSSR count). The fraction of sp³-hybridized carbons (Fsp3) is 0.667. The summed E-state index contributed by atoms with van der Waals surface area (Å²) in [5, 5.41) is 1.64. The molecule has 2 unspecified atom stereocenters. The topological polar surface area (TPSA) is 63.7 Å². The molecule has 5 nitrogen and oxygen atoms in total. The lowest BCUT2D eigenvalue weighted by atomic mass is 9.79. The fourth-order valence-corrected chi connectivity index (χ4v) is 6.81. The molecule has 22 heavy (non-hydrogen) atoms. The molecule has 1 saturated heterocycles. The van der Waals surface area contributed by atoms with Crippen LogP contribution >= 0.6 is 11.3 Å². The third-order valence-electron chi connectivity index (χ3n) is 4.78. The van der Waals surface area contributed by atoms with E-state index in [1.165, 1.54) is 19.6 Å². The SMILES string of the molecule is COC(=O)c1sccc1S(=O)(=O)N1CCCC2CCCCC21. The number of fused-ring (bicyclic) bond motifs is 1. The highest BCUT2D eigenvalue weighted by Gasteiger charge is 2.41. The predicted molar refractivity (Wildman–Crippen MR) is 84.5 cm³/mol. The van der Waals surface area contributed by atoms with Gasteiger partial charge in [0.25, 0.3) is 0 Å². The van der Waals surface area contributed by atoms with Crippen molar-refractivity contribution < 1.29 is 17.9 Å². The molecule has 1 aromatic heterocycles. The van der Waals surface area contributed by atoms with Gasteiger partial charge in [-0.15, -0.1) is 11.3 Å². The highest BCUT2D eigenvalue weighted by Crippen LogP contribution is 2.39. The van der Waals surface area contributed by atoms with Crippen molar-refractivity contribution in [3.8, 4) is 0 Å². The van der Waals surface area contributed by atoms with Gasteiger partial charge in [-0.3, -0.25) is 0 Å². The lowest BCUT2D eigenvalue weighted by Gasteiger charge is -2.43. The highest BCUT2D eigenvalue weighted by molar-refractivity contribution is 7.89. The first kappa shape index (κ1) is 16.0. The maximum absolute atomic E-state index is 13.1. The monoisotopic (exact) mass is 343 g/mol. The van der Waals surface area contributed by atoms with Crippen LogP contribution in [0, 0.1) is 5.92 Å². The summed E-state index contributed by atoms with van der Waals surface area (Å²) >= 11 is 1.12. The van der Waals surface area contributed by atoms with E-state index in [9.17, 15) is 13.2 Å². The second-order valence-electron chi connectivity index (χ2n) is 5.98. The van der Waals surface area contributed by atoms with Gasteiger partial charge in [-0.25, -0.2) is 13.2 Å². The summed E-state index contributed by atoms with van der Waals surface area (Å²) in [6, 6.07) is 1.62. The van der Waals surface area contributed by atoms with Crippen molar-refractivity contribution >= 4 is 27.3 Å². The van der Waals surface area contributed by atoms with Gasteiger partial charge in [0.05, 0.1) is 7.11 Å². The summed E-state index contributed by atoms with van der Waals surface area (Å²) in [5.74, 6) is -0.108. The van der Waals surface area contributed by atoms with Crippen molar-refractivity contribution in [2.75, 3.05) is 13.7 Å². The minimum atomic E-state index is -3.63. The minimum absolute atomic E-state index is 0.0953. The fourth-order valence-electron chi connectivity index (χ4n) is 3.75. The van der Waals surface area contributed by atoms with Crippen LogP contribution in [0.5, 0.6) is 0 Å². The van der Waals surface area contributed by atoms with Crippen molar-refractivity contribution in [1.29, 1.82) is 0 Å². The number of hydrogen-bond acceptors (Lipinski definition) is 5. The molecule has 0 N–H and O–H groups in total. The van der Waals surface area contributed by atoms with Gasteiger partial charge in [0, 0.05) is 12.6 Å². The number of piperidine rings is 1. The summed E-state index contributed by atoms with van der Waals surface area (Å²) in [6.45, 7) is 0.556. The number of ether oxygens (including phenoxy) is 1. The van der Waals surface area contributed by atoms with E-state index in [2.05, 4.69) is 0 Å². The Bertz CT molecular complexity index is 650. The molecular formula is C15H21NO4S2. The molecule has 0 amide bonds. The lowest BCUT2D eigenvalue weighted by molar-refractivity contribution is 0.0601. The van der Waals surface area contributed by atoms with E-state index in [0.717, 1.165) is 43.4 Å². The number of esters is 1. The van der Waals surface area contributed by atoms with Crippen molar-refractivity contribution in [2.45, 2.75) is 49.5 Å². The smallest absolute Gasteiger partial charge is 0.349 e. The lowest BCUT2D eigenvalue weighted by Crippen LogP contribution is -2.49. The number of sulfonamides is 1. The first-order valence-electron chi connectivity index (χ1n) is 7.73. The van der Waals surface area contributed by atoms with E-state index in [-0.39, 0.29) is 15.8 Å². The van der Waals surface area contributed by atoms with E-state index >= 15 is 0 Å². The Morgan fingerprint density at radius 1 is 1.27 bits per heavy atom. The molecule has 122 valence electrons. The predicted octanol–water partition coefficient (Wildman–Crippen LogP) is 2.88. The van der Waals surface area contributed by atoms with Crippen LogP contribution in [0.3, 0.4) is 0 Å². The Labute approximate surface area is 135 Å². The molecule has 1 saturated carbocycles. The molecule has 1 aliphatic heterocycles. The number of nitrogens with zero attached hydrogens (tertiary/aromatic N) is 1. The van der Waals surface area contributed by atoms with Gasteiger partial charge in [-0.1, -0.05) is 12.8 Å². The summed E-state index contributed by atoms with van der Waals surface area (Å²) in [7, 11) is -2.36. The van der Waals surface area contributed by atoms with E-state index in [1.807, 2.05) is 0 Å². The minimum Gasteiger partial charge on any atom is -0.465 e. The summed E-state index contributed by atoms with van der Waals surface area (Å²) < 4.78 is 32.5. The largest absolute Gasteiger partial charge is 0.465 e. The zero-order chi connectivity index (χ0) is 15.7. The Morgan fingerprint density at radius 3 is 2.77 bits per heavy atom.